The summed E-state index contributed by atoms with van der Waals surface area (Å²) >= 11 is 0. The largest absolute Gasteiger partial charge is 0.495 e. The van der Waals surface area contributed by atoms with Crippen molar-refractivity contribution in [3.8, 4) is 5.75 Å². The number of nitrogens with one attached hydrogen (secondary N) is 1. The number of anilines is 1. The van der Waals surface area contributed by atoms with Gasteiger partial charge >= 0.3 is 5.97 Å². The van der Waals surface area contributed by atoms with Crippen LogP contribution in [0.1, 0.15) is 30.6 Å². The van der Waals surface area contributed by atoms with E-state index in [9.17, 15) is 4.79 Å². The summed E-state index contributed by atoms with van der Waals surface area (Å²) in [6, 6.07) is 5.74. The molecule has 0 bridgehead atoms. The maximum absolute atomic E-state index is 11.1. The predicted molar refractivity (Wildman–Crippen MR) is 83.2 cm³/mol. The SMILES string of the molecule is COc1ccc(C(=O)O)cc1NC1CC(C)N(C)CC1C. The molecule has 1 aliphatic rings. The molecule has 1 aliphatic heterocycles. The molecule has 3 atom stereocenters. The zero-order chi connectivity index (χ0) is 15.6. The lowest BCUT2D eigenvalue weighted by molar-refractivity contribution is 0.0697. The van der Waals surface area contributed by atoms with E-state index in [0.29, 0.717) is 23.8 Å². The lowest BCUT2D eigenvalue weighted by Gasteiger charge is -2.40. The van der Waals surface area contributed by atoms with Crippen molar-refractivity contribution in [2.24, 2.45) is 5.92 Å². The van der Waals surface area contributed by atoms with Crippen LogP contribution >= 0.6 is 0 Å². The summed E-state index contributed by atoms with van der Waals surface area (Å²) in [6.45, 7) is 5.46. The lowest BCUT2D eigenvalue weighted by Crippen LogP contribution is -2.48. The van der Waals surface area contributed by atoms with E-state index in [-0.39, 0.29) is 5.56 Å². The van der Waals surface area contributed by atoms with Crippen LogP contribution in [0.2, 0.25) is 0 Å². The van der Waals surface area contributed by atoms with Gasteiger partial charge in [0.2, 0.25) is 0 Å². The van der Waals surface area contributed by atoms with Crippen LogP contribution in [0.4, 0.5) is 5.69 Å². The summed E-state index contributed by atoms with van der Waals surface area (Å²) in [6.07, 6.45) is 1.03. The number of hydrogen-bond donors (Lipinski definition) is 2. The third kappa shape index (κ3) is 3.47. The number of ether oxygens (including phenoxy) is 1. The lowest BCUT2D eigenvalue weighted by atomic mass is 9.89. The summed E-state index contributed by atoms with van der Waals surface area (Å²) < 4.78 is 5.34. The van der Waals surface area contributed by atoms with E-state index in [1.165, 1.54) is 0 Å². The molecule has 2 N–H and O–H groups in total. The van der Waals surface area contributed by atoms with Gasteiger partial charge < -0.3 is 20.1 Å². The number of carboxylic acid groups (broad SMARTS) is 1. The van der Waals surface area contributed by atoms with Crippen LogP contribution in [-0.2, 0) is 0 Å². The van der Waals surface area contributed by atoms with E-state index in [4.69, 9.17) is 9.84 Å². The van der Waals surface area contributed by atoms with Crippen molar-refractivity contribution in [1.29, 1.82) is 0 Å². The fourth-order valence-corrected chi connectivity index (χ4v) is 2.90. The van der Waals surface area contributed by atoms with Crippen molar-refractivity contribution in [2.75, 3.05) is 26.0 Å². The van der Waals surface area contributed by atoms with Gasteiger partial charge in [0.15, 0.2) is 0 Å². The van der Waals surface area contributed by atoms with Crippen LogP contribution in [0.15, 0.2) is 18.2 Å². The number of likely N-dealkylation sites (tertiary alicyclic amines) is 1. The van der Waals surface area contributed by atoms with E-state index >= 15 is 0 Å². The highest BCUT2D eigenvalue weighted by atomic mass is 16.5. The Morgan fingerprint density at radius 2 is 2.14 bits per heavy atom. The van der Waals surface area contributed by atoms with Crippen molar-refractivity contribution >= 4 is 11.7 Å². The maximum atomic E-state index is 11.1. The summed E-state index contributed by atoms with van der Waals surface area (Å²) in [5, 5.41) is 12.6. The Bertz CT molecular complexity index is 518. The summed E-state index contributed by atoms with van der Waals surface area (Å²) in [5.41, 5.74) is 1.03. The highest BCUT2D eigenvalue weighted by Gasteiger charge is 2.29. The quantitative estimate of drug-likeness (QED) is 0.893. The molecule has 21 heavy (non-hydrogen) atoms. The molecule has 2 rings (SSSR count). The fourth-order valence-electron chi connectivity index (χ4n) is 2.90. The number of benzene rings is 1. The average Bonchev–Trinajstić information content (AvgIpc) is 2.44. The van der Waals surface area contributed by atoms with Gasteiger partial charge in [-0.2, -0.15) is 0 Å². The molecule has 0 radical (unpaired) electrons. The van der Waals surface area contributed by atoms with Gasteiger partial charge in [0, 0.05) is 18.6 Å². The van der Waals surface area contributed by atoms with Gasteiger partial charge in [0.05, 0.1) is 18.4 Å². The molecule has 1 aromatic carbocycles. The Labute approximate surface area is 125 Å². The van der Waals surface area contributed by atoms with Crippen molar-refractivity contribution in [2.45, 2.75) is 32.4 Å². The normalized spacial score (nSPS) is 26.4. The van der Waals surface area contributed by atoms with Crippen LogP contribution in [0, 0.1) is 5.92 Å². The van der Waals surface area contributed by atoms with Crippen LogP contribution < -0.4 is 10.1 Å². The zero-order valence-electron chi connectivity index (χ0n) is 13.1. The number of hydrogen-bond acceptors (Lipinski definition) is 4. The molecule has 0 aromatic heterocycles. The number of carbonyl (C=O) groups is 1. The molecule has 0 amide bonds. The number of piperidine rings is 1. The molecule has 5 nitrogen and oxygen atoms in total. The number of rotatable bonds is 4. The molecule has 1 saturated heterocycles. The molecule has 0 spiro atoms. The van der Waals surface area contributed by atoms with Gasteiger partial charge in [0.1, 0.15) is 5.75 Å². The predicted octanol–water partition coefficient (Wildman–Crippen LogP) is 2.53. The van der Waals surface area contributed by atoms with Crippen LogP contribution in [-0.4, -0.2) is 48.8 Å². The number of carboxylic acids is 1. The van der Waals surface area contributed by atoms with Crippen molar-refractivity contribution in [3.05, 3.63) is 23.8 Å². The highest BCUT2D eigenvalue weighted by molar-refractivity contribution is 5.89. The van der Waals surface area contributed by atoms with Crippen molar-refractivity contribution in [3.63, 3.8) is 0 Å². The molecule has 116 valence electrons. The van der Waals surface area contributed by atoms with Gasteiger partial charge in [-0.25, -0.2) is 4.79 Å². The minimum Gasteiger partial charge on any atom is -0.495 e. The first-order chi connectivity index (χ1) is 9.92. The van der Waals surface area contributed by atoms with E-state index in [1.54, 1.807) is 25.3 Å². The smallest absolute Gasteiger partial charge is 0.335 e. The summed E-state index contributed by atoms with van der Waals surface area (Å²) in [4.78, 5) is 13.5. The second kappa shape index (κ2) is 6.35. The Hall–Kier alpha value is -1.75. The van der Waals surface area contributed by atoms with E-state index in [2.05, 4.69) is 31.1 Å². The molecule has 0 aliphatic carbocycles. The van der Waals surface area contributed by atoms with Gasteiger partial charge in [-0.15, -0.1) is 0 Å². The van der Waals surface area contributed by atoms with Crippen molar-refractivity contribution in [1.82, 2.24) is 4.90 Å². The van der Waals surface area contributed by atoms with Crippen molar-refractivity contribution < 1.29 is 14.6 Å². The molecular weight excluding hydrogens is 268 g/mol. The first-order valence-corrected chi connectivity index (χ1v) is 7.30. The fraction of sp³-hybridized carbons (Fsp3) is 0.562. The number of methoxy groups -OCH3 is 1. The van der Waals surface area contributed by atoms with E-state index in [0.717, 1.165) is 18.7 Å². The van der Waals surface area contributed by atoms with E-state index in [1.807, 2.05) is 0 Å². The maximum Gasteiger partial charge on any atom is 0.335 e. The van der Waals surface area contributed by atoms with Gasteiger partial charge in [0.25, 0.3) is 0 Å². The Balaban J connectivity index is 2.21. The standard InChI is InChI=1S/C16H24N2O3/c1-10-9-18(3)11(2)7-13(10)17-14-8-12(16(19)20)5-6-15(14)21-4/h5-6,8,10-11,13,17H,7,9H2,1-4H3,(H,19,20). The van der Waals surface area contributed by atoms with Gasteiger partial charge in [-0.1, -0.05) is 6.92 Å². The molecular formula is C16H24N2O3. The third-order valence-corrected chi connectivity index (χ3v) is 4.40. The topological polar surface area (TPSA) is 61.8 Å². The van der Waals surface area contributed by atoms with Gasteiger partial charge in [-0.05, 0) is 44.5 Å². The molecule has 1 aromatic rings. The second-order valence-electron chi connectivity index (χ2n) is 5.97. The number of nitrogens with zero attached hydrogens (tertiary/aromatic N) is 1. The number of aromatic carboxylic acids is 1. The molecule has 1 heterocycles. The van der Waals surface area contributed by atoms with Gasteiger partial charge in [-0.3, -0.25) is 0 Å². The molecule has 0 saturated carbocycles. The van der Waals surface area contributed by atoms with Crippen LogP contribution in [0.3, 0.4) is 0 Å². The second-order valence-corrected chi connectivity index (χ2v) is 5.97. The summed E-state index contributed by atoms with van der Waals surface area (Å²) in [7, 11) is 3.74. The molecule has 1 fully saturated rings. The summed E-state index contributed by atoms with van der Waals surface area (Å²) in [5.74, 6) is 0.244. The Morgan fingerprint density at radius 1 is 1.43 bits per heavy atom. The molecule has 5 heteroatoms. The van der Waals surface area contributed by atoms with Crippen LogP contribution in [0.5, 0.6) is 5.75 Å². The minimum atomic E-state index is -0.925. The Kier molecular flexibility index (Phi) is 4.73. The first-order valence-electron chi connectivity index (χ1n) is 7.30. The monoisotopic (exact) mass is 292 g/mol. The zero-order valence-corrected chi connectivity index (χ0v) is 13.1. The molecule has 3 unspecified atom stereocenters. The first kappa shape index (κ1) is 15.6. The Morgan fingerprint density at radius 3 is 2.76 bits per heavy atom. The van der Waals surface area contributed by atoms with E-state index < -0.39 is 5.97 Å². The third-order valence-electron chi connectivity index (χ3n) is 4.40. The average molecular weight is 292 g/mol. The minimum absolute atomic E-state index is 0.270. The highest BCUT2D eigenvalue weighted by Crippen LogP contribution is 2.30. The van der Waals surface area contributed by atoms with Crippen LogP contribution in [0.25, 0.3) is 0 Å².